The molecule has 0 fully saturated rings. The van der Waals surface area contributed by atoms with Gasteiger partial charge in [-0.3, -0.25) is 4.90 Å². The fraction of sp³-hybridized carbons (Fsp3) is 0.391. The van der Waals surface area contributed by atoms with E-state index in [1.165, 1.54) is 12.0 Å². The quantitative estimate of drug-likeness (QED) is 0.642. The van der Waals surface area contributed by atoms with Gasteiger partial charge in [-0.2, -0.15) is 0 Å². The second-order valence-corrected chi connectivity index (χ2v) is 8.56. The summed E-state index contributed by atoms with van der Waals surface area (Å²) in [5, 5.41) is 0.677. The summed E-state index contributed by atoms with van der Waals surface area (Å²) in [6.45, 7) is 6.13. The normalized spacial score (nSPS) is 15.9. The summed E-state index contributed by atoms with van der Waals surface area (Å²) in [6, 6.07) is 12.1. The molecule has 160 valence electrons. The fourth-order valence-electron chi connectivity index (χ4n) is 3.32. The van der Waals surface area contributed by atoms with Gasteiger partial charge in [-0.15, -0.1) is 0 Å². The van der Waals surface area contributed by atoms with E-state index in [0.717, 1.165) is 16.7 Å². The first-order valence-corrected chi connectivity index (χ1v) is 10.1. The highest BCUT2D eigenvalue weighted by molar-refractivity contribution is 6.30. The minimum absolute atomic E-state index is 0.350. The van der Waals surface area contributed by atoms with Crippen LogP contribution in [0.4, 0.5) is 4.79 Å². The molecular formula is C23H26ClNO5. The lowest BCUT2D eigenvalue weighted by molar-refractivity contribution is -0.147. The van der Waals surface area contributed by atoms with Crippen molar-refractivity contribution in [3.05, 3.63) is 64.2 Å². The first-order valence-electron chi connectivity index (χ1n) is 9.75. The van der Waals surface area contributed by atoms with Gasteiger partial charge in [0.2, 0.25) is 0 Å². The fourth-order valence-corrected chi connectivity index (χ4v) is 3.45. The van der Waals surface area contributed by atoms with Crippen molar-refractivity contribution in [2.24, 2.45) is 0 Å². The second-order valence-electron chi connectivity index (χ2n) is 8.13. The van der Waals surface area contributed by atoms with Crippen molar-refractivity contribution in [1.82, 2.24) is 4.90 Å². The van der Waals surface area contributed by atoms with Gasteiger partial charge in [0.1, 0.15) is 18.0 Å². The number of hydrogen-bond donors (Lipinski definition) is 0. The van der Waals surface area contributed by atoms with E-state index in [0.29, 0.717) is 30.3 Å². The van der Waals surface area contributed by atoms with Crippen molar-refractivity contribution >= 4 is 23.7 Å². The number of fused-ring (bicyclic) bond motifs is 1. The largest absolute Gasteiger partial charge is 0.489 e. The molecule has 0 aliphatic carbocycles. The number of esters is 1. The first-order chi connectivity index (χ1) is 14.2. The van der Waals surface area contributed by atoms with Crippen molar-refractivity contribution in [3.63, 3.8) is 0 Å². The summed E-state index contributed by atoms with van der Waals surface area (Å²) in [4.78, 5) is 26.6. The number of nitrogens with zero attached hydrogens (tertiary/aromatic N) is 1. The Hall–Kier alpha value is -2.73. The number of halogens is 1. The molecule has 1 heterocycles. The van der Waals surface area contributed by atoms with Gasteiger partial charge in [0.15, 0.2) is 6.04 Å². The van der Waals surface area contributed by atoms with Gasteiger partial charge in [-0.05, 0) is 68.1 Å². The maximum Gasteiger partial charge on any atom is 0.411 e. The highest BCUT2D eigenvalue weighted by Gasteiger charge is 2.39. The molecule has 1 aliphatic rings. The van der Waals surface area contributed by atoms with Crippen LogP contribution in [0.3, 0.4) is 0 Å². The maximum atomic E-state index is 12.7. The molecule has 1 amide bonds. The van der Waals surface area contributed by atoms with Crippen LogP contribution < -0.4 is 4.74 Å². The van der Waals surface area contributed by atoms with E-state index in [4.69, 9.17) is 25.8 Å². The topological polar surface area (TPSA) is 65.1 Å². The molecule has 0 radical (unpaired) electrons. The number of carbonyl (C=O) groups excluding carboxylic acids is 2. The number of benzene rings is 2. The summed E-state index contributed by atoms with van der Waals surface area (Å²) < 4.78 is 16.3. The Kier molecular flexibility index (Phi) is 6.56. The monoisotopic (exact) mass is 431 g/mol. The lowest BCUT2D eigenvalue weighted by Gasteiger charge is -2.36. The van der Waals surface area contributed by atoms with Crippen LogP contribution in [0, 0.1) is 0 Å². The van der Waals surface area contributed by atoms with Crippen molar-refractivity contribution in [1.29, 1.82) is 0 Å². The molecular weight excluding hydrogens is 406 g/mol. The van der Waals surface area contributed by atoms with Crippen LogP contribution in [0.25, 0.3) is 0 Å². The lowest BCUT2D eigenvalue weighted by atomic mass is 9.92. The molecule has 2 aromatic carbocycles. The van der Waals surface area contributed by atoms with Crippen LogP contribution in [-0.2, 0) is 27.3 Å². The Morgan fingerprint density at radius 2 is 1.83 bits per heavy atom. The first kappa shape index (κ1) is 22.0. The Labute approximate surface area is 181 Å². The van der Waals surface area contributed by atoms with E-state index in [2.05, 4.69) is 0 Å². The molecule has 3 rings (SSSR count). The summed E-state index contributed by atoms with van der Waals surface area (Å²) >= 11 is 5.91. The number of methoxy groups -OCH3 is 1. The van der Waals surface area contributed by atoms with E-state index in [9.17, 15) is 9.59 Å². The zero-order chi connectivity index (χ0) is 21.9. The number of hydrogen-bond acceptors (Lipinski definition) is 5. The van der Waals surface area contributed by atoms with Gasteiger partial charge in [0.05, 0.1) is 7.11 Å². The number of carbonyl (C=O) groups is 2. The van der Waals surface area contributed by atoms with Crippen LogP contribution in [-0.4, -0.2) is 36.2 Å². The third kappa shape index (κ3) is 5.25. The zero-order valence-electron chi connectivity index (χ0n) is 17.6. The standard InChI is InChI=1S/C23H26ClNO5/c1-23(2,3)30-22(27)25-12-11-16-13-18(9-10-19(16)20(25)21(26)28-4)29-14-15-5-7-17(24)8-6-15/h5-10,13,20H,11-12,14H2,1-4H3/t20-/m1/s1. The predicted molar refractivity (Wildman–Crippen MR) is 114 cm³/mol. The number of amides is 1. The highest BCUT2D eigenvalue weighted by atomic mass is 35.5. The van der Waals surface area contributed by atoms with E-state index in [1.807, 2.05) is 36.4 Å². The highest BCUT2D eigenvalue weighted by Crippen LogP contribution is 2.34. The third-order valence-electron chi connectivity index (χ3n) is 4.71. The minimum Gasteiger partial charge on any atom is -0.489 e. The molecule has 6 nitrogen and oxygen atoms in total. The average molecular weight is 432 g/mol. The molecule has 0 bridgehead atoms. The van der Waals surface area contributed by atoms with Crippen LogP contribution in [0.2, 0.25) is 5.02 Å². The van der Waals surface area contributed by atoms with E-state index >= 15 is 0 Å². The van der Waals surface area contributed by atoms with Crippen LogP contribution in [0.1, 0.15) is 43.5 Å². The van der Waals surface area contributed by atoms with Crippen LogP contribution in [0.5, 0.6) is 5.75 Å². The Morgan fingerprint density at radius 1 is 1.13 bits per heavy atom. The minimum atomic E-state index is -0.848. The average Bonchev–Trinajstić information content (AvgIpc) is 2.70. The van der Waals surface area contributed by atoms with E-state index < -0.39 is 23.7 Å². The van der Waals surface area contributed by atoms with Crippen molar-refractivity contribution in [3.8, 4) is 5.75 Å². The van der Waals surface area contributed by atoms with Crippen molar-refractivity contribution in [2.75, 3.05) is 13.7 Å². The van der Waals surface area contributed by atoms with Gasteiger partial charge in [0, 0.05) is 11.6 Å². The molecule has 1 atom stereocenters. The predicted octanol–water partition coefficient (Wildman–Crippen LogP) is 4.93. The molecule has 7 heteroatoms. The maximum absolute atomic E-state index is 12.7. The number of rotatable bonds is 4. The molecule has 1 aliphatic heterocycles. The summed E-state index contributed by atoms with van der Waals surface area (Å²) in [6.07, 6.45) is 0.0480. The molecule has 2 aromatic rings. The molecule has 0 aromatic heterocycles. The smallest absolute Gasteiger partial charge is 0.411 e. The Bertz CT molecular complexity index is 920. The van der Waals surface area contributed by atoms with Gasteiger partial charge < -0.3 is 14.2 Å². The van der Waals surface area contributed by atoms with Gasteiger partial charge in [0.25, 0.3) is 0 Å². The van der Waals surface area contributed by atoms with Crippen LogP contribution >= 0.6 is 11.6 Å². The van der Waals surface area contributed by atoms with Crippen molar-refractivity contribution in [2.45, 2.75) is 45.4 Å². The van der Waals surface area contributed by atoms with E-state index in [-0.39, 0.29) is 0 Å². The molecule has 0 saturated carbocycles. The molecule has 0 unspecified atom stereocenters. The van der Waals surface area contributed by atoms with Gasteiger partial charge in [-0.1, -0.05) is 29.8 Å². The van der Waals surface area contributed by atoms with Crippen molar-refractivity contribution < 1.29 is 23.8 Å². The molecule has 0 spiro atoms. The Morgan fingerprint density at radius 3 is 2.47 bits per heavy atom. The Balaban J connectivity index is 1.80. The number of ether oxygens (including phenoxy) is 3. The SMILES string of the molecule is COC(=O)[C@H]1c2ccc(OCc3ccc(Cl)cc3)cc2CCN1C(=O)OC(C)(C)C. The summed E-state index contributed by atoms with van der Waals surface area (Å²) in [7, 11) is 1.31. The third-order valence-corrected chi connectivity index (χ3v) is 4.97. The summed E-state index contributed by atoms with van der Waals surface area (Å²) in [5.74, 6) is 0.190. The molecule has 0 saturated heterocycles. The second kappa shape index (κ2) is 8.96. The van der Waals surface area contributed by atoms with E-state index in [1.54, 1.807) is 26.8 Å². The zero-order valence-corrected chi connectivity index (χ0v) is 18.4. The lowest BCUT2D eigenvalue weighted by Crippen LogP contribution is -2.46. The van der Waals surface area contributed by atoms with Gasteiger partial charge in [-0.25, -0.2) is 9.59 Å². The molecule has 0 N–H and O–H groups in total. The molecule has 30 heavy (non-hydrogen) atoms. The van der Waals surface area contributed by atoms with Crippen LogP contribution in [0.15, 0.2) is 42.5 Å². The van der Waals surface area contributed by atoms with Gasteiger partial charge >= 0.3 is 12.1 Å². The summed E-state index contributed by atoms with van der Waals surface area (Å²) in [5.41, 5.74) is 2.01.